The third-order valence-corrected chi connectivity index (χ3v) is 6.02. The van der Waals surface area contributed by atoms with Crippen molar-refractivity contribution in [1.29, 1.82) is 0 Å². The predicted octanol–water partition coefficient (Wildman–Crippen LogP) is 2.48. The number of nitrogens with zero attached hydrogens (tertiary/aromatic N) is 2. The smallest absolute Gasteiger partial charge is 0.261 e. The summed E-state index contributed by atoms with van der Waals surface area (Å²) in [5.41, 5.74) is 3.54. The number of nitrogens with one attached hydrogen (secondary N) is 1. The summed E-state index contributed by atoms with van der Waals surface area (Å²) in [4.78, 5) is 40.3. The van der Waals surface area contributed by atoms with Crippen molar-refractivity contribution in [1.82, 2.24) is 15.1 Å². The Kier molecular flexibility index (Phi) is 4.74. The van der Waals surface area contributed by atoms with Crippen LogP contribution in [0.3, 0.4) is 0 Å². The highest BCUT2D eigenvalue weighted by Crippen LogP contribution is 2.26. The van der Waals surface area contributed by atoms with Gasteiger partial charge in [0.25, 0.3) is 17.7 Å². The van der Waals surface area contributed by atoms with E-state index in [0.717, 1.165) is 24.4 Å². The van der Waals surface area contributed by atoms with Crippen molar-refractivity contribution in [3.05, 3.63) is 70.3 Å². The lowest BCUT2D eigenvalue weighted by Gasteiger charge is -2.41. The average molecular weight is 391 g/mol. The molecule has 0 spiro atoms. The van der Waals surface area contributed by atoms with Crippen molar-refractivity contribution in [3.63, 3.8) is 0 Å². The van der Waals surface area contributed by atoms with E-state index in [4.69, 9.17) is 0 Å². The predicted molar refractivity (Wildman–Crippen MR) is 110 cm³/mol. The number of hydrogen-bond acceptors (Lipinski definition) is 4. The summed E-state index contributed by atoms with van der Waals surface area (Å²) in [7, 11) is 1.45. The van der Waals surface area contributed by atoms with E-state index in [9.17, 15) is 14.4 Å². The third kappa shape index (κ3) is 3.44. The van der Waals surface area contributed by atoms with E-state index in [-0.39, 0.29) is 28.8 Å². The number of fused-ring (bicyclic) bond motifs is 2. The monoisotopic (exact) mass is 391 g/mol. The summed E-state index contributed by atoms with van der Waals surface area (Å²) in [5, 5.41) is 3.00. The second-order valence-electron chi connectivity index (χ2n) is 8.37. The zero-order chi connectivity index (χ0) is 20.8. The van der Waals surface area contributed by atoms with E-state index >= 15 is 0 Å². The summed E-state index contributed by atoms with van der Waals surface area (Å²) in [6.07, 6.45) is 1.00. The number of benzene rings is 2. The molecule has 2 aromatic rings. The van der Waals surface area contributed by atoms with Crippen LogP contribution in [0.2, 0.25) is 0 Å². The van der Waals surface area contributed by atoms with E-state index < -0.39 is 0 Å². The topological polar surface area (TPSA) is 69.7 Å². The first-order valence-corrected chi connectivity index (χ1v) is 9.84. The average Bonchev–Trinajstić information content (AvgIpc) is 2.95. The maximum absolute atomic E-state index is 12.7. The zero-order valence-electron chi connectivity index (χ0n) is 17.0. The fourth-order valence-corrected chi connectivity index (χ4v) is 4.03. The first-order chi connectivity index (χ1) is 13.8. The van der Waals surface area contributed by atoms with Crippen LogP contribution in [-0.2, 0) is 13.0 Å². The van der Waals surface area contributed by atoms with Gasteiger partial charge in [0.1, 0.15) is 0 Å². The number of rotatable bonds is 4. The van der Waals surface area contributed by atoms with Gasteiger partial charge in [0.15, 0.2) is 0 Å². The van der Waals surface area contributed by atoms with Crippen molar-refractivity contribution in [2.24, 2.45) is 0 Å². The molecule has 0 fully saturated rings. The van der Waals surface area contributed by atoms with Gasteiger partial charge in [0.05, 0.1) is 11.1 Å². The van der Waals surface area contributed by atoms with Gasteiger partial charge in [-0.2, -0.15) is 0 Å². The minimum Gasteiger partial charge on any atom is -0.350 e. The van der Waals surface area contributed by atoms with E-state index in [2.05, 4.69) is 48.3 Å². The number of carbonyl (C=O) groups excluding carboxylic acids is 3. The molecule has 0 aliphatic carbocycles. The zero-order valence-corrected chi connectivity index (χ0v) is 17.0. The van der Waals surface area contributed by atoms with Crippen LogP contribution in [0.1, 0.15) is 56.0 Å². The van der Waals surface area contributed by atoms with Crippen molar-refractivity contribution in [3.8, 4) is 0 Å². The second kappa shape index (κ2) is 7.12. The van der Waals surface area contributed by atoms with Gasteiger partial charge < -0.3 is 5.32 Å². The summed E-state index contributed by atoms with van der Waals surface area (Å²) >= 11 is 0. The first-order valence-electron chi connectivity index (χ1n) is 9.84. The Morgan fingerprint density at radius 3 is 2.48 bits per heavy atom. The Hall–Kier alpha value is -2.99. The van der Waals surface area contributed by atoms with Gasteiger partial charge in [0, 0.05) is 37.8 Å². The molecule has 2 aromatic carbocycles. The van der Waals surface area contributed by atoms with Crippen molar-refractivity contribution < 1.29 is 14.4 Å². The minimum atomic E-state index is -0.369. The maximum atomic E-state index is 12.7. The van der Waals surface area contributed by atoms with Gasteiger partial charge in [-0.1, -0.05) is 24.3 Å². The molecule has 2 aliphatic rings. The lowest BCUT2D eigenvalue weighted by Crippen LogP contribution is -2.53. The number of carbonyl (C=O) groups is 3. The van der Waals surface area contributed by atoms with Gasteiger partial charge >= 0.3 is 0 Å². The molecule has 0 bridgehead atoms. The van der Waals surface area contributed by atoms with Crippen molar-refractivity contribution in [2.75, 3.05) is 20.1 Å². The second-order valence-corrected chi connectivity index (χ2v) is 8.37. The molecule has 0 radical (unpaired) electrons. The molecule has 3 amide bonds. The SMILES string of the molecule is CN1C(=O)c2ccc(C(=O)NCC(C)(C)N3CCc4ccccc4C3)cc2C1=O. The van der Waals surface area contributed by atoms with Crippen LogP contribution in [0.5, 0.6) is 0 Å². The molecular weight excluding hydrogens is 366 g/mol. The third-order valence-electron chi connectivity index (χ3n) is 6.02. The van der Waals surface area contributed by atoms with Crippen LogP contribution in [0.4, 0.5) is 0 Å². The molecule has 6 nitrogen and oxygen atoms in total. The molecule has 0 saturated heterocycles. The quantitative estimate of drug-likeness (QED) is 0.813. The fraction of sp³-hybridized carbons (Fsp3) is 0.348. The normalized spacial score (nSPS) is 16.6. The van der Waals surface area contributed by atoms with E-state index in [1.807, 2.05) is 0 Å². The fourth-order valence-electron chi connectivity index (χ4n) is 4.03. The Bertz CT molecular complexity index is 1010. The molecule has 29 heavy (non-hydrogen) atoms. The Morgan fingerprint density at radius 1 is 1.03 bits per heavy atom. The lowest BCUT2D eigenvalue weighted by molar-refractivity contribution is 0.0693. The van der Waals surface area contributed by atoms with Crippen LogP contribution < -0.4 is 5.32 Å². The van der Waals surface area contributed by atoms with E-state index in [0.29, 0.717) is 17.7 Å². The number of hydrogen-bond donors (Lipinski definition) is 1. The number of amides is 3. The molecule has 6 heteroatoms. The molecule has 0 atom stereocenters. The molecule has 0 saturated carbocycles. The van der Waals surface area contributed by atoms with Gasteiger partial charge in [0.2, 0.25) is 0 Å². The molecule has 4 rings (SSSR count). The van der Waals surface area contributed by atoms with Crippen LogP contribution >= 0.6 is 0 Å². The summed E-state index contributed by atoms with van der Waals surface area (Å²) in [6.45, 7) is 6.54. The van der Waals surface area contributed by atoms with Crippen molar-refractivity contribution in [2.45, 2.75) is 32.4 Å². The molecule has 2 heterocycles. The molecule has 0 unspecified atom stereocenters. The van der Waals surface area contributed by atoms with Gasteiger partial charge in [-0.05, 0) is 49.6 Å². The Morgan fingerprint density at radius 2 is 1.72 bits per heavy atom. The maximum Gasteiger partial charge on any atom is 0.261 e. The summed E-state index contributed by atoms with van der Waals surface area (Å²) in [5.74, 6) is -0.941. The van der Waals surface area contributed by atoms with Gasteiger partial charge in [-0.3, -0.25) is 24.2 Å². The van der Waals surface area contributed by atoms with Gasteiger partial charge in [-0.25, -0.2) is 0 Å². The Labute approximate surface area is 170 Å². The number of imide groups is 1. The minimum absolute atomic E-state index is 0.216. The van der Waals surface area contributed by atoms with Crippen LogP contribution in [0.15, 0.2) is 42.5 Å². The lowest BCUT2D eigenvalue weighted by atomic mass is 9.94. The van der Waals surface area contributed by atoms with E-state index in [1.54, 1.807) is 12.1 Å². The molecular formula is C23H25N3O3. The first kappa shape index (κ1) is 19.3. The van der Waals surface area contributed by atoms with Crippen LogP contribution in [0.25, 0.3) is 0 Å². The van der Waals surface area contributed by atoms with Crippen LogP contribution in [0, 0.1) is 0 Å². The molecule has 0 aromatic heterocycles. The summed E-state index contributed by atoms with van der Waals surface area (Å²) in [6, 6.07) is 13.2. The van der Waals surface area contributed by atoms with Gasteiger partial charge in [-0.15, -0.1) is 0 Å². The largest absolute Gasteiger partial charge is 0.350 e. The Balaban J connectivity index is 1.43. The highest BCUT2D eigenvalue weighted by molar-refractivity contribution is 6.21. The van der Waals surface area contributed by atoms with Crippen LogP contribution in [-0.4, -0.2) is 53.2 Å². The summed E-state index contributed by atoms with van der Waals surface area (Å²) < 4.78 is 0. The van der Waals surface area contributed by atoms with Crippen molar-refractivity contribution >= 4 is 17.7 Å². The molecule has 150 valence electrons. The van der Waals surface area contributed by atoms with E-state index in [1.165, 1.54) is 24.2 Å². The highest BCUT2D eigenvalue weighted by atomic mass is 16.2. The standard InChI is InChI=1S/C23H25N3O3/c1-23(2,26-11-10-15-6-4-5-7-17(15)13-26)14-24-20(27)16-8-9-18-19(12-16)22(29)25(3)21(18)28/h4-9,12H,10-11,13-14H2,1-3H3,(H,24,27). The molecule has 2 aliphatic heterocycles. The highest BCUT2D eigenvalue weighted by Gasteiger charge is 2.34. The molecule has 1 N–H and O–H groups in total.